The van der Waals surface area contributed by atoms with Gasteiger partial charge in [-0.2, -0.15) is 0 Å². The summed E-state index contributed by atoms with van der Waals surface area (Å²) in [5, 5.41) is 13.5. The van der Waals surface area contributed by atoms with Crippen LogP contribution in [0.5, 0.6) is 0 Å². The number of nitro groups is 1. The molecule has 0 fully saturated rings. The molecule has 8 heteroatoms. The summed E-state index contributed by atoms with van der Waals surface area (Å²) in [6, 6.07) is 0. The van der Waals surface area contributed by atoms with E-state index in [1.165, 1.54) is 6.33 Å². The Labute approximate surface area is 104 Å². The molecule has 1 aromatic heterocycles. The first-order chi connectivity index (χ1) is 8.06. The molecule has 1 rings (SSSR count). The van der Waals surface area contributed by atoms with E-state index in [0.29, 0.717) is 6.54 Å². The molecule has 0 saturated heterocycles. The van der Waals surface area contributed by atoms with Crippen LogP contribution in [0.25, 0.3) is 0 Å². The quantitative estimate of drug-likeness (QED) is 0.472. The third-order valence-electron chi connectivity index (χ3n) is 2.29. The maximum absolute atomic E-state index is 10.8. The zero-order valence-corrected chi connectivity index (χ0v) is 10.4. The third-order valence-corrected chi connectivity index (χ3v) is 2.56. The highest BCUT2D eigenvalue weighted by molar-refractivity contribution is 6.31. The van der Waals surface area contributed by atoms with Gasteiger partial charge in [0.1, 0.15) is 6.33 Å². The highest BCUT2D eigenvalue weighted by Gasteiger charge is 2.20. The molecule has 7 nitrogen and oxygen atoms in total. The average Bonchev–Trinajstić information content (AvgIpc) is 2.28. The first kappa shape index (κ1) is 13.6. The number of nitrogens with one attached hydrogen (secondary N) is 1. The summed E-state index contributed by atoms with van der Waals surface area (Å²) in [5.74, 6) is 0.152. The Kier molecular flexibility index (Phi) is 5.05. The van der Waals surface area contributed by atoms with E-state index in [2.05, 4.69) is 20.2 Å². The number of anilines is 1. The fourth-order valence-corrected chi connectivity index (χ4v) is 1.37. The molecule has 1 N–H and O–H groups in total. The van der Waals surface area contributed by atoms with Crippen molar-refractivity contribution >= 4 is 23.1 Å². The van der Waals surface area contributed by atoms with Crippen LogP contribution >= 0.6 is 11.6 Å². The van der Waals surface area contributed by atoms with E-state index in [4.69, 9.17) is 11.6 Å². The number of likely N-dealkylation sites (N-methyl/N-ethyl adjacent to an activating group) is 1. The van der Waals surface area contributed by atoms with Crippen LogP contribution in [-0.4, -0.2) is 46.5 Å². The summed E-state index contributed by atoms with van der Waals surface area (Å²) in [6.45, 7) is 4.26. The van der Waals surface area contributed by atoms with Gasteiger partial charge in [-0.1, -0.05) is 18.5 Å². The fraction of sp³-hybridized carbons (Fsp3) is 0.556. The summed E-state index contributed by atoms with van der Waals surface area (Å²) in [6.07, 6.45) is 1.20. The first-order valence-corrected chi connectivity index (χ1v) is 5.51. The Morgan fingerprint density at radius 3 is 2.88 bits per heavy atom. The predicted molar refractivity (Wildman–Crippen MR) is 65.4 cm³/mol. The Bertz CT molecular complexity index is 401. The minimum Gasteiger partial charge on any atom is -0.363 e. The standard InChI is InChI=1S/C9H14ClN5O2/c1-3-14(2)5-4-11-9-7(15(16)17)8(10)12-6-13-9/h6H,3-5H2,1-2H3,(H,11,12,13). The molecule has 0 aliphatic heterocycles. The Hall–Kier alpha value is -1.47. The Balaban J connectivity index is 2.71. The van der Waals surface area contributed by atoms with Gasteiger partial charge in [0.05, 0.1) is 4.92 Å². The molecular formula is C9H14ClN5O2. The van der Waals surface area contributed by atoms with Crippen molar-refractivity contribution in [3.05, 3.63) is 21.6 Å². The SMILES string of the molecule is CCN(C)CCNc1ncnc(Cl)c1[N+](=O)[O-]. The fourth-order valence-electron chi connectivity index (χ4n) is 1.17. The molecule has 0 aliphatic carbocycles. The monoisotopic (exact) mass is 259 g/mol. The molecule has 0 aliphatic rings. The van der Waals surface area contributed by atoms with E-state index in [1.807, 2.05) is 14.0 Å². The highest BCUT2D eigenvalue weighted by atomic mass is 35.5. The summed E-state index contributed by atoms with van der Waals surface area (Å²) in [4.78, 5) is 19.7. The van der Waals surface area contributed by atoms with Gasteiger partial charge < -0.3 is 10.2 Å². The summed E-state index contributed by atoms with van der Waals surface area (Å²) >= 11 is 5.65. The van der Waals surface area contributed by atoms with Gasteiger partial charge in [-0.05, 0) is 13.6 Å². The minimum absolute atomic E-state index is 0.152. The molecule has 1 heterocycles. The third kappa shape index (κ3) is 3.79. The van der Waals surface area contributed by atoms with E-state index in [9.17, 15) is 10.1 Å². The number of hydrogen-bond donors (Lipinski definition) is 1. The van der Waals surface area contributed by atoms with E-state index in [-0.39, 0.29) is 16.7 Å². The van der Waals surface area contributed by atoms with Gasteiger partial charge in [0.2, 0.25) is 11.0 Å². The van der Waals surface area contributed by atoms with E-state index < -0.39 is 4.92 Å². The molecule has 0 atom stereocenters. The molecule has 94 valence electrons. The van der Waals surface area contributed by atoms with Crippen molar-refractivity contribution in [3.63, 3.8) is 0 Å². The lowest BCUT2D eigenvalue weighted by atomic mass is 10.4. The molecule has 1 aromatic rings. The van der Waals surface area contributed by atoms with E-state index in [1.54, 1.807) is 0 Å². The maximum atomic E-state index is 10.8. The molecule has 0 unspecified atom stereocenters. The maximum Gasteiger partial charge on any atom is 0.348 e. The minimum atomic E-state index is -0.589. The number of hydrogen-bond acceptors (Lipinski definition) is 6. The van der Waals surface area contributed by atoms with Crippen molar-refractivity contribution in [1.29, 1.82) is 0 Å². The van der Waals surface area contributed by atoms with Crippen molar-refractivity contribution < 1.29 is 4.92 Å². The number of halogens is 1. The van der Waals surface area contributed by atoms with Gasteiger partial charge in [0.15, 0.2) is 0 Å². The van der Waals surface area contributed by atoms with Crippen molar-refractivity contribution in [2.75, 3.05) is 32.0 Å². The van der Waals surface area contributed by atoms with Crippen molar-refractivity contribution in [2.45, 2.75) is 6.92 Å². The summed E-state index contributed by atoms with van der Waals surface area (Å²) in [5.41, 5.74) is -0.284. The summed E-state index contributed by atoms with van der Waals surface area (Å²) in [7, 11) is 1.96. The van der Waals surface area contributed by atoms with Crippen LogP contribution in [0.1, 0.15) is 6.92 Å². The van der Waals surface area contributed by atoms with Gasteiger partial charge in [0.25, 0.3) is 0 Å². The largest absolute Gasteiger partial charge is 0.363 e. The van der Waals surface area contributed by atoms with E-state index in [0.717, 1.165) is 13.1 Å². The lowest BCUT2D eigenvalue weighted by molar-refractivity contribution is -0.384. The topological polar surface area (TPSA) is 84.2 Å². The molecule has 17 heavy (non-hydrogen) atoms. The highest BCUT2D eigenvalue weighted by Crippen LogP contribution is 2.27. The van der Waals surface area contributed by atoms with E-state index >= 15 is 0 Å². The van der Waals surface area contributed by atoms with Crippen LogP contribution in [0, 0.1) is 10.1 Å². The first-order valence-electron chi connectivity index (χ1n) is 5.13. The van der Waals surface area contributed by atoms with Gasteiger partial charge in [-0.25, -0.2) is 9.97 Å². The van der Waals surface area contributed by atoms with Gasteiger partial charge >= 0.3 is 5.69 Å². The van der Waals surface area contributed by atoms with Gasteiger partial charge in [-0.15, -0.1) is 0 Å². The van der Waals surface area contributed by atoms with Crippen LogP contribution < -0.4 is 5.32 Å². The van der Waals surface area contributed by atoms with Gasteiger partial charge in [-0.3, -0.25) is 10.1 Å². The van der Waals surface area contributed by atoms with Crippen LogP contribution in [0.15, 0.2) is 6.33 Å². The molecule has 0 amide bonds. The summed E-state index contributed by atoms with van der Waals surface area (Å²) < 4.78 is 0. The second-order valence-electron chi connectivity index (χ2n) is 3.44. The Morgan fingerprint density at radius 1 is 1.59 bits per heavy atom. The van der Waals surface area contributed by atoms with Crippen molar-refractivity contribution in [2.24, 2.45) is 0 Å². The number of nitrogens with zero attached hydrogens (tertiary/aromatic N) is 4. The lowest BCUT2D eigenvalue weighted by Gasteiger charge is -2.14. The Morgan fingerprint density at radius 2 is 2.29 bits per heavy atom. The average molecular weight is 260 g/mol. The second-order valence-corrected chi connectivity index (χ2v) is 3.80. The van der Waals surface area contributed by atoms with Crippen LogP contribution in [0.2, 0.25) is 5.15 Å². The number of aromatic nitrogens is 2. The predicted octanol–water partition coefficient (Wildman–Crippen LogP) is 1.40. The number of rotatable bonds is 6. The van der Waals surface area contributed by atoms with Gasteiger partial charge in [0, 0.05) is 13.1 Å². The molecule has 0 bridgehead atoms. The molecule has 0 saturated carbocycles. The van der Waals surface area contributed by atoms with Crippen molar-refractivity contribution in [3.8, 4) is 0 Å². The van der Waals surface area contributed by atoms with Crippen LogP contribution in [-0.2, 0) is 0 Å². The molecule has 0 radical (unpaired) electrons. The van der Waals surface area contributed by atoms with Crippen LogP contribution in [0.3, 0.4) is 0 Å². The zero-order valence-electron chi connectivity index (χ0n) is 9.68. The molecular weight excluding hydrogens is 246 g/mol. The molecule has 0 spiro atoms. The van der Waals surface area contributed by atoms with Crippen molar-refractivity contribution in [1.82, 2.24) is 14.9 Å². The lowest BCUT2D eigenvalue weighted by Crippen LogP contribution is -2.25. The smallest absolute Gasteiger partial charge is 0.348 e. The molecule has 0 aromatic carbocycles. The zero-order chi connectivity index (χ0) is 12.8. The normalized spacial score (nSPS) is 10.6. The second kappa shape index (κ2) is 6.31. The van der Waals surface area contributed by atoms with Crippen LogP contribution in [0.4, 0.5) is 11.5 Å².